The molecule has 0 spiro atoms. The van der Waals surface area contributed by atoms with Gasteiger partial charge >= 0.3 is 0 Å². The summed E-state index contributed by atoms with van der Waals surface area (Å²) < 4.78 is 1.55. The Balaban J connectivity index is 1.68. The third kappa shape index (κ3) is 3.50. The van der Waals surface area contributed by atoms with Gasteiger partial charge in [-0.1, -0.05) is 12.1 Å². The molecule has 2 heterocycles. The van der Waals surface area contributed by atoms with Gasteiger partial charge in [0.1, 0.15) is 5.69 Å². The second kappa shape index (κ2) is 6.64. The minimum absolute atomic E-state index is 0.225. The normalized spacial score (nSPS) is 10.4. The molecule has 1 aromatic carbocycles. The zero-order valence-corrected chi connectivity index (χ0v) is 14.1. The Morgan fingerprint density at radius 3 is 2.75 bits per heavy atom. The third-order valence-electron chi connectivity index (χ3n) is 3.47. The fraction of sp³-hybridized carbons (Fsp3) is 0.176. The quantitative estimate of drug-likeness (QED) is 0.793. The summed E-state index contributed by atoms with van der Waals surface area (Å²) in [5, 5.41) is 16.3. The predicted molar refractivity (Wildman–Crippen MR) is 92.0 cm³/mol. The SMILES string of the molecule is Cc1cc(C(=O)Nc2ncc(Cc3ccc(C#N)cc3)s2)n(C)n1. The third-order valence-corrected chi connectivity index (χ3v) is 4.38. The maximum absolute atomic E-state index is 12.3. The van der Waals surface area contributed by atoms with Crippen molar-refractivity contribution in [1.29, 1.82) is 5.26 Å². The molecule has 6 nitrogen and oxygen atoms in total. The molecule has 2 aromatic heterocycles. The fourth-order valence-electron chi connectivity index (χ4n) is 2.33. The summed E-state index contributed by atoms with van der Waals surface area (Å²) in [6.07, 6.45) is 2.47. The number of aromatic nitrogens is 3. The molecule has 0 saturated carbocycles. The molecule has 7 heteroatoms. The van der Waals surface area contributed by atoms with E-state index in [4.69, 9.17) is 5.26 Å². The molecule has 1 amide bonds. The van der Waals surface area contributed by atoms with Gasteiger partial charge in [0, 0.05) is 24.5 Å². The molecule has 0 aliphatic carbocycles. The first-order chi connectivity index (χ1) is 11.5. The maximum Gasteiger partial charge on any atom is 0.275 e. The number of hydrogen-bond acceptors (Lipinski definition) is 5. The summed E-state index contributed by atoms with van der Waals surface area (Å²) in [5.74, 6) is -0.225. The van der Waals surface area contributed by atoms with Gasteiger partial charge in [-0.2, -0.15) is 10.4 Å². The predicted octanol–water partition coefficient (Wildman–Crippen LogP) is 2.90. The molecule has 0 unspecified atom stereocenters. The average Bonchev–Trinajstić information content (AvgIpc) is 3.14. The zero-order chi connectivity index (χ0) is 17.1. The Hall–Kier alpha value is -2.98. The van der Waals surface area contributed by atoms with Crippen LogP contribution in [-0.2, 0) is 13.5 Å². The lowest BCUT2D eigenvalue weighted by atomic mass is 10.1. The number of nitrogens with zero attached hydrogens (tertiary/aromatic N) is 4. The molecule has 3 aromatic rings. The Morgan fingerprint density at radius 1 is 1.38 bits per heavy atom. The molecule has 0 atom stereocenters. The van der Waals surface area contributed by atoms with E-state index < -0.39 is 0 Å². The van der Waals surface area contributed by atoms with Crippen molar-refractivity contribution in [1.82, 2.24) is 14.8 Å². The highest BCUT2D eigenvalue weighted by molar-refractivity contribution is 7.15. The van der Waals surface area contributed by atoms with Crippen LogP contribution >= 0.6 is 11.3 Å². The van der Waals surface area contributed by atoms with E-state index in [1.54, 1.807) is 36.1 Å². The molecule has 3 rings (SSSR count). The standard InChI is InChI=1S/C17H15N5OS/c1-11-7-15(22(2)21-11)16(23)20-17-19-10-14(24-17)8-12-3-5-13(9-18)6-4-12/h3-7,10H,8H2,1-2H3,(H,19,20,23). The van der Waals surface area contributed by atoms with Crippen molar-refractivity contribution in [3.63, 3.8) is 0 Å². The van der Waals surface area contributed by atoms with E-state index in [0.717, 1.165) is 16.1 Å². The lowest BCUT2D eigenvalue weighted by Gasteiger charge is -2.01. The van der Waals surface area contributed by atoms with Crippen LogP contribution in [0.5, 0.6) is 0 Å². The first kappa shape index (κ1) is 15.9. The average molecular weight is 337 g/mol. The summed E-state index contributed by atoms with van der Waals surface area (Å²) in [6.45, 7) is 1.84. The number of carbonyl (C=O) groups excluding carboxylic acids is 1. The molecule has 1 N–H and O–H groups in total. The second-order valence-corrected chi connectivity index (χ2v) is 6.48. The number of carbonyl (C=O) groups is 1. The molecule has 24 heavy (non-hydrogen) atoms. The summed E-state index contributed by atoms with van der Waals surface area (Å²) in [6, 6.07) is 11.3. The van der Waals surface area contributed by atoms with Crippen molar-refractivity contribution in [3.05, 3.63) is 63.9 Å². The number of aryl methyl sites for hydroxylation is 2. The van der Waals surface area contributed by atoms with Gasteiger partial charge in [-0.3, -0.25) is 14.8 Å². The van der Waals surface area contributed by atoms with Gasteiger partial charge in [0.15, 0.2) is 5.13 Å². The van der Waals surface area contributed by atoms with Gasteiger partial charge in [-0.15, -0.1) is 11.3 Å². The van der Waals surface area contributed by atoms with E-state index >= 15 is 0 Å². The zero-order valence-electron chi connectivity index (χ0n) is 13.3. The first-order valence-electron chi connectivity index (χ1n) is 7.31. The van der Waals surface area contributed by atoms with Gasteiger partial charge in [-0.05, 0) is 30.7 Å². The van der Waals surface area contributed by atoms with Crippen molar-refractivity contribution >= 4 is 22.4 Å². The van der Waals surface area contributed by atoms with Gasteiger partial charge in [0.2, 0.25) is 0 Å². The van der Waals surface area contributed by atoms with Crippen LogP contribution < -0.4 is 5.32 Å². The van der Waals surface area contributed by atoms with E-state index in [1.165, 1.54) is 11.3 Å². The van der Waals surface area contributed by atoms with Gasteiger partial charge in [-0.25, -0.2) is 4.98 Å². The van der Waals surface area contributed by atoms with Crippen LogP contribution in [0.2, 0.25) is 0 Å². The molecular weight excluding hydrogens is 322 g/mol. The number of benzene rings is 1. The first-order valence-corrected chi connectivity index (χ1v) is 8.12. The number of anilines is 1. The molecule has 0 radical (unpaired) electrons. The van der Waals surface area contributed by atoms with Crippen LogP contribution in [0, 0.1) is 18.3 Å². The van der Waals surface area contributed by atoms with E-state index in [9.17, 15) is 4.79 Å². The van der Waals surface area contributed by atoms with Crippen LogP contribution in [0.1, 0.15) is 32.2 Å². The van der Waals surface area contributed by atoms with Crippen LogP contribution in [0.3, 0.4) is 0 Å². The van der Waals surface area contributed by atoms with Crippen LogP contribution in [-0.4, -0.2) is 20.7 Å². The summed E-state index contributed by atoms with van der Waals surface area (Å²) in [4.78, 5) is 17.5. The molecule has 120 valence electrons. The Kier molecular flexibility index (Phi) is 4.40. The van der Waals surface area contributed by atoms with E-state index in [0.29, 0.717) is 22.8 Å². The number of rotatable bonds is 4. The number of nitrogens with one attached hydrogen (secondary N) is 1. The maximum atomic E-state index is 12.3. The number of amides is 1. The number of hydrogen-bond donors (Lipinski definition) is 1. The Morgan fingerprint density at radius 2 is 2.12 bits per heavy atom. The van der Waals surface area contributed by atoms with E-state index in [1.807, 2.05) is 19.1 Å². The molecule has 0 saturated heterocycles. The highest BCUT2D eigenvalue weighted by Crippen LogP contribution is 2.22. The largest absolute Gasteiger partial charge is 0.296 e. The van der Waals surface area contributed by atoms with Crippen LogP contribution in [0.4, 0.5) is 5.13 Å². The molecule has 0 bridgehead atoms. The summed E-state index contributed by atoms with van der Waals surface area (Å²) in [5.41, 5.74) is 3.03. The lowest BCUT2D eigenvalue weighted by Crippen LogP contribution is -2.15. The van der Waals surface area contributed by atoms with Gasteiger partial charge in [0.05, 0.1) is 17.3 Å². The monoisotopic (exact) mass is 337 g/mol. The molecule has 0 fully saturated rings. The van der Waals surface area contributed by atoms with Crippen LogP contribution in [0.25, 0.3) is 0 Å². The van der Waals surface area contributed by atoms with Crippen molar-refractivity contribution in [2.24, 2.45) is 7.05 Å². The second-order valence-electron chi connectivity index (χ2n) is 5.37. The lowest BCUT2D eigenvalue weighted by molar-refractivity contribution is 0.101. The number of thiazole rings is 1. The Labute approximate surface area is 143 Å². The highest BCUT2D eigenvalue weighted by atomic mass is 32.1. The molecule has 0 aliphatic heterocycles. The summed E-state index contributed by atoms with van der Waals surface area (Å²) >= 11 is 1.44. The molecular formula is C17H15N5OS. The van der Waals surface area contributed by atoms with Crippen molar-refractivity contribution in [2.45, 2.75) is 13.3 Å². The van der Waals surface area contributed by atoms with Crippen LogP contribution in [0.15, 0.2) is 36.5 Å². The van der Waals surface area contributed by atoms with E-state index in [2.05, 4.69) is 21.5 Å². The minimum atomic E-state index is -0.225. The van der Waals surface area contributed by atoms with E-state index in [-0.39, 0.29) is 5.91 Å². The fourth-order valence-corrected chi connectivity index (χ4v) is 3.17. The van der Waals surface area contributed by atoms with Gasteiger partial charge < -0.3 is 0 Å². The van der Waals surface area contributed by atoms with Crippen molar-refractivity contribution < 1.29 is 4.79 Å². The number of nitriles is 1. The Bertz CT molecular complexity index is 917. The van der Waals surface area contributed by atoms with Gasteiger partial charge in [0.25, 0.3) is 5.91 Å². The topological polar surface area (TPSA) is 83.6 Å². The minimum Gasteiger partial charge on any atom is -0.296 e. The smallest absolute Gasteiger partial charge is 0.275 e. The van der Waals surface area contributed by atoms with Crippen molar-refractivity contribution in [3.8, 4) is 6.07 Å². The van der Waals surface area contributed by atoms with Crippen molar-refractivity contribution in [2.75, 3.05) is 5.32 Å². The highest BCUT2D eigenvalue weighted by Gasteiger charge is 2.14. The summed E-state index contributed by atoms with van der Waals surface area (Å²) in [7, 11) is 1.74. The molecule has 0 aliphatic rings.